The number of aromatic nitrogens is 1. The zero-order valence-corrected chi connectivity index (χ0v) is 10.8. The van der Waals surface area contributed by atoms with Gasteiger partial charge in [-0.2, -0.15) is 16.7 Å². The van der Waals surface area contributed by atoms with Crippen LogP contribution in [0.15, 0.2) is 12.1 Å². The third-order valence-corrected chi connectivity index (χ3v) is 3.17. The van der Waals surface area contributed by atoms with Gasteiger partial charge in [0.05, 0.1) is 12.8 Å². The van der Waals surface area contributed by atoms with Crippen molar-refractivity contribution in [2.24, 2.45) is 0 Å². The fraction of sp³-hybridized carbons (Fsp3) is 0.545. The molecule has 96 valence electrons. The van der Waals surface area contributed by atoms with Gasteiger partial charge in [0.25, 0.3) is 0 Å². The molecule has 0 aromatic carbocycles. The Morgan fingerprint density at radius 1 is 1.47 bits per heavy atom. The summed E-state index contributed by atoms with van der Waals surface area (Å²) >= 11 is 1.79. The number of hydrogen-bond donors (Lipinski definition) is 3. The van der Waals surface area contributed by atoms with Crippen molar-refractivity contribution in [3.05, 3.63) is 12.1 Å². The average molecular weight is 257 g/mol. The molecule has 6 heteroatoms. The van der Waals surface area contributed by atoms with Crippen molar-refractivity contribution in [1.29, 1.82) is 0 Å². The van der Waals surface area contributed by atoms with Gasteiger partial charge in [0.2, 0.25) is 5.88 Å². The Kier molecular flexibility index (Phi) is 6.57. The van der Waals surface area contributed by atoms with E-state index in [4.69, 9.17) is 15.6 Å². The Morgan fingerprint density at radius 2 is 2.29 bits per heavy atom. The van der Waals surface area contributed by atoms with Gasteiger partial charge in [0.1, 0.15) is 0 Å². The number of nitrogen functional groups attached to an aromatic ring is 1. The van der Waals surface area contributed by atoms with E-state index in [1.165, 1.54) is 0 Å². The number of nitrogens with one attached hydrogen (secondary N) is 1. The summed E-state index contributed by atoms with van der Waals surface area (Å²) in [6.45, 7) is 1.05. The molecular formula is C11H19N3O2S. The maximum atomic E-state index is 8.63. The number of anilines is 2. The van der Waals surface area contributed by atoms with E-state index in [0.717, 1.165) is 24.5 Å². The number of aliphatic hydroxyl groups excluding tert-OH is 1. The van der Waals surface area contributed by atoms with E-state index in [-0.39, 0.29) is 6.61 Å². The van der Waals surface area contributed by atoms with E-state index in [1.807, 2.05) is 0 Å². The second kappa shape index (κ2) is 8.03. The van der Waals surface area contributed by atoms with E-state index >= 15 is 0 Å². The molecule has 0 spiro atoms. The minimum atomic E-state index is 0.255. The zero-order chi connectivity index (χ0) is 12.5. The Labute approximate surface area is 106 Å². The number of ether oxygens (including phenoxy) is 1. The lowest BCUT2D eigenvalue weighted by Crippen LogP contribution is -2.09. The van der Waals surface area contributed by atoms with Crippen molar-refractivity contribution in [1.82, 2.24) is 4.98 Å². The first kappa shape index (κ1) is 13.9. The summed E-state index contributed by atoms with van der Waals surface area (Å²) in [6.07, 6.45) is 0.838. The van der Waals surface area contributed by atoms with E-state index in [1.54, 1.807) is 31.0 Å². The molecule has 0 bridgehead atoms. The number of aliphatic hydroxyl groups is 1. The standard InChI is InChI=1S/C11H19N3O2S/c1-16-10-4-3-9(12)11(14-10)13-5-8-17-7-2-6-15/h3-4,15H,2,5-8,12H2,1H3,(H,13,14). The molecule has 0 aliphatic heterocycles. The fourth-order valence-electron chi connectivity index (χ4n) is 1.22. The highest BCUT2D eigenvalue weighted by Gasteiger charge is 2.02. The Morgan fingerprint density at radius 3 is 3.00 bits per heavy atom. The van der Waals surface area contributed by atoms with Crippen LogP contribution in [0.1, 0.15) is 6.42 Å². The molecule has 1 rings (SSSR count). The highest BCUT2D eigenvalue weighted by molar-refractivity contribution is 7.99. The number of thioether (sulfide) groups is 1. The van der Waals surface area contributed by atoms with Crippen LogP contribution in [0.25, 0.3) is 0 Å². The largest absolute Gasteiger partial charge is 0.481 e. The Balaban J connectivity index is 2.30. The summed E-state index contributed by atoms with van der Waals surface area (Å²) in [5.41, 5.74) is 6.40. The summed E-state index contributed by atoms with van der Waals surface area (Å²) in [4.78, 5) is 4.22. The van der Waals surface area contributed by atoms with Gasteiger partial charge in [0, 0.05) is 25.0 Å². The predicted octanol–water partition coefficient (Wildman–Crippen LogP) is 1.20. The van der Waals surface area contributed by atoms with Crippen LogP contribution in [0.4, 0.5) is 11.5 Å². The van der Waals surface area contributed by atoms with Gasteiger partial charge >= 0.3 is 0 Å². The van der Waals surface area contributed by atoms with E-state index in [9.17, 15) is 0 Å². The molecule has 4 N–H and O–H groups in total. The predicted molar refractivity (Wildman–Crippen MR) is 72.7 cm³/mol. The molecule has 0 aliphatic rings. The fourth-order valence-corrected chi connectivity index (χ4v) is 2.00. The lowest BCUT2D eigenvalue weighted by molar-refractivity contribution is 0.296. The third kappa shape index (κ3) is 5.14. The Bertz CT molecular complexity index is 336. The summed E-state index contributed by atoms with van der Waals surface area (Å²) in [6, 6.07) is 3.50. The molecule has 1 aromatic heterocycles. The number of pyridine rings is 1. The molecule has 1 aromatic rings. The van der Waals surface area contributed by atoms with Crippen LogP contribution in [0, 0.1) is 0 Å². The Hall–Kier alpha value is -1.14. The molecule has 0 saturated heterocycles. The SMILES string of the molecule is COc1ccc(N)c(NCCSCCCO)n1. The van der Waals surface area contributed by atoms with Crippen molar-refractivity contribution in [3.63, 3.8) is 0 Å². The molecule has 0 fully saturated rings. The van der Waals surface area contributed by atoms with Crippen molar-refractivity contribution >= 4 is 23.3 Å². The third-order valence-electron chi connectivity index (χ3n) is 2.10. The average Bonchev–Trinajstić information content (AvgIpc) is 2.35. The molecule has 0 radical (unpaired) electrons. The highest BCUT2D eigenvalue weighted by atomic mass is 32.2. The number of methoxy groups -OCH3 is 1. The molecule has 0 unspecified atom stereocenters. The molecular weight excluding hydrogens is 238 g/mol. The second-order valence-electron chi connectivity index (χ2n) is 3.41. The van der Waals surface area contributed by atoms with Gasteiger partial charge in [-0.3, -0.25) is 0 Å². The summed E-state index contributed by atoms with van der Waals surface area (Å²) in [7, 11) is 1.58. The van der Waals surface area contributed by atoms with Gasteiger partial charge in [-0.15, -0.1) is 0 Å². The zero-order valence-electron chi connectivity index (χ0n) is 9.98. The number of hydrogen-bond acceptors (Lipinski definition) is 6. The van der Waals surface area contributed by atoms with Crippen LogP contribution in [-0.4, -0.2) is 41.9 Å². The van der Waals surface area contributed by atoms with Crippen LogP contribution in [0.2, 0.25) is 0 Å². The molecule has 0 atom stereocenters. The van der Waals surface area contributed by atoms with E-state index < -0.39 is 0 Å². The molecule has 1 heterocycles. The first-order valence-electron chi connectivity index (χ1n) is 5.51. The van der Waals surface area contributed by atoms with Gasteiger partial charge in [-0.25, -0.2) is 0 Å². The van der Waals surface area contributed by atoms with E-state index in [0.29, 0.717) is 17.4 Å². The lowest BCUT2D eigenvalue weighted by atomic mass is 10.4. The molecule has 0 aliphatic carbocycles. The van der Waals surface area contributed by atoms with Crippen LogP contribution in [0.3, 0.4) is 0 Å². The first-order valence-corrected chi connectivity index (χ1v) is 6.66. The first-order chi connectivity index (χ1) is 8.27. The molecule has 5 nitrogen and oxygen atoms in total. The van der Waals surface area contributed by atoms with Crippen LogP contribution >= 0.6 is 11.8 Å². The minimum Gasteiger partial charge on any atom is -0.481 e. The van der Waals surface area contributed by atoms with Crippen LogP contribution in [0.5, 0.6) is 5.88 Å². The maximum Gasteiger partial charge on any atom is 0.215 e. The minimum absolute atomic E-state index is 0.255. The topological polar surface area (TPSA) is 80.4 Å². The highest BCUT2D eigenvalue weighted by Crippen LogP contribution is 2.19. The number of nitrogens with two attached hydrogens (primary N) is 1. The smallest absolute Gasteiger partial charge is 0.215 e. The van der Waals surface area contributed by atoms with Gasteiger partial charge in [-0.1, -0.05) is 0 Å². The van der Waals surface area contributed by atoms with E-state index in [2.05, 4.69) is 10.3 Å². The molecule has 0 saturated carbocycles. The summed E-state index contributed by atoms with van der Waals surface area (Å²) < 4.78 is 5.03. The van der Waals surface area contributed by atoms with Crippen LogP contribution < -0.4 is 15.8 Å². The van der Waals surface area contributed by atoms with Crippen LogP contribution in [-0.2, 0) is 0 Å². The van der Waals surface area contributed by atoms with Crippen molar-refractivity contribution in [2.75, 3.05) is 42.8 Å². The van der Waals surface area contributed by atoms with Crippen molar-refractivity contribution in [3.8, 4) is 5.88 Å². The van der Waals surface area contributed by atoms with Crippen molar-refractivity contribution in [2.45, 2.75) is 6.42 Å². The van der Waals surface area contributed by atoms with Gasteiger partial charge < -0.3 is 20.9 Å². The quantitative estimate of drug-likeness (QED) is 0.607. The molecule has 17 heavy (non-hydrogen) atoms. The maximum absolute atomic E-state index is 8.63. The summed E-state index contributed by atoms with van der Waals surface area (Å²) in [5, 5.41) is 11.8. The normalized spacial score (nSPS) is 10.2. The van der Waals surface area contributed by atoms with Gasteiger partial charge in [0.15, 0.2) is 5.82 Å². The summed E-state index contributed by atoms with van der Waals surface area (Å²) in [5.74, 6) is 3.14. The van der Waals surface area contributed by atoms with Crippen molar-refractivity contribution < 1.29 is 9.84 Å². The molecule has 0 amide bonds. The monoisotopic (exact) mass is 257 g/mol. The lowest BCUT2D eigenvalue weighted by Gasteiger charge is -2.09. The van der Waals surface area contributed by atoms with Gasteiger partial charge in [-0.05, 0) is 18.2 Å². The number of nitrogens with zero attached hydrogens (tertiary/aromatic N) is 1. The number of rotatable bonds is 8. The second-order valence-corrected chi connectivity index (χ2v) is 4.63.